The smallest absolute Gasteiger partial charge is 0.245 e. The minimum absolute atomic E-state index is 0.191. The maximum atomic E-state index is 12.2. The molecule has 1 amide bonds. The summed E-state index contributed by atoms with van der Waals surface area (Å²) in [5, 5.41) is 29.1. The molecule has 0 spiro atoms. The Morgan fingerprint density at radius 2 is 1.78 bits per heavy atom. The zero-order chi connectivity index (χ0) is 28.8. The Morgan fingerprint density at radius 1 is 1.02 bits per heavy atom. The molecule has 1 fully saturated rings. The normalized spacial score (nSPS) is 14.4. The number of carbonyl (C=O) groups is 1. The van der Waals surface area contributed by atoms with Gasteiger partial charge in [0.15, 0.2) is 0 Å². The van der Waals surface area contributed by atoms with Crippen LogP contribution in [0.2, 0.25) is 0 Å². The molecule has 0 unspecified atom stereocenters. The van der Waals surface area contributed by atoms with Crippen LogP contribution in [0.1, 0.15) is 24.3 Å². The molecule has 0 bridgehead atoms. The van der Waals surface area contributed by atoms with Gasteiger partial charge < -0.3 is 30.3 Å². The van der Waals surface area contributed by atoms with Crippen LogP contribution in [-0.2, 0) is 4.79 Å². The Balaban J connectivity index is 1.26. The molecule has 0 atom stereocenters. The number of methoxy groups -OCH3 is 2. The molecule has 0 saturated carbocycles. The van der Waals surface area contributed by atoms with E-state index in [1.54, 1.807) is 20.4 Å². The lowest BCUT2D eigenvalue weighted by molar-refractivity contribution is -0.123. The van der Waals surface area contributed by atoms with Gasteiger partial charge in [-0.1, -0.05) is 18.2 Å². The first kappa shape index (κ1) is 28.3. The average Bonchev–Trinajstić information content (AvgIpc) is 3.43. The van der Waals surface area contributed by atoms with Gasteiger partial charge in [-0.3, -0.25) is 9.69 Å². The number of nitrogens with one attached hydrogen (secondary N) is 2. The summed E-state index contributed by atoms with van der Waals surface area (Å²) in [5.74, 6) is 2.06. The van der Waals surface area contributed by atoms with E-state index in [-0.39, 0.29) is 25.7 Å². The standard InChI is InChI=1S/C30H36N6O5/c1-40-27-6-4-3-5-24(27)26-10-8-23-16-31-30(34-36(23)26)33-25-9-7-21(15-28(25)41-2)20-11-13-35(14-12-20)17-29(39)32-22(18-37)19-38/h3-10,15-16,20,22,37-38H,11-14,17-19H2,1-2H3,(H,32,39)(H,33,34). The van der Waals surface area contributed by atoms with Gasteiger partial charge in [0.2, 0.25) is 11.9 Å². The molecule has 0 radical (unpaired) electrons. The van der Waals surface area contributed by atoms with Crippen molar-refractivity contribution in [3.8, 4) is 22.8 Å². The minimum atomic E-state index is -0.621. The molecule has 4 aromatic rings. The number of carbonyl (C=O) groups excluding carboxylic acids is 1. The Morgan fingerprint density at radius 3 is 2.51 bits per heavy atom. The summed E-state index contributed by atoms with van der Waals surface area (Å²) < 4.78 is 13.1. The Hall–Kier alpha value is -4.19. The molecule has 5 rings (SSSR count). The number of ether oxygens (including phenoxy) is 2. The molecule has 11 heteroatoms. The number of hydrogen-bond donors (Lipinski definition) is 4. The molecular formula is C30H36N6O5. The number of hydrogen-bond acceptors (Lipinski definition) is 9. The minimum Gasteiger partial charge on any atom is -0.496 e. The summed E-state index contributed by atoms with van der Waals surface area (Å²) >= 11 is 0. The van der Waals surface area contributed by atoms with E-state index in [9.17, 15) is 15.0 Å². The molecule has 2 aromatic carbocycles. The van der Waals surface area contributed by atoms with Gasteiger partial charge in [0.25, 0.3) is 0 Å². The summed E-state index contributed by atoms with van der Waals surface area (Å²) in [6.07, 6.45) is 3.59. The lowest BCUT2D eigenvalue weighted by Crippen LogP contribution is -2.46. The van der Waals surface area contributed by atoms with Crippen molar-refractivity contribution in [2.75, 3.05) is 52.4 Å². The van der Waals surface area contributed by atoms with E-state index in [0.717, 1.165) is 54.1 Å². The third-order valence-electron chi connectivity index (χ3n) is 7.49. The number of para-hydroxylation sites is 1. The predicted octanol–water partition coefficient (Wildman–Crippen LogP) is 2.81. The summed E-state index contributed by atoms with van der Waals surface area (Å²) in [6, 6.07) is 17.3. The van der Waals surface area contributed by atoms with Gasteiger partial charge in [0.1, 0.15) is 11.5 Å². The molecule has 1 aliphatic rings. The molecule has 2 aromatic heterocycles. The van der Waals surface area contributed by atoms with Crippen molar-refractivity contribution in [3.63, 3.8) is 0 Å². The summed E-state index contributed by atoms with van der Waals surface area (Å²) in [6.45, 7) is 1.24. The number of piperidine rings is 1. The van der Waals surface area contributed by atoms with Crippen LogP contribution in [0.3, 0.4) is 0 Å². The second-order valence-electron chi connectivity index (χ2n) is 10.1. The fraction of sp³-hybridized carbons (Fsp3) is 0.367. The topological polar surface area (TPSA) is 133 Å². The maximum Gasteiger partial charge on any atom is 0.245 e. The van der Waals surface area contributed by atoms with Gasteiger partial charge >= 0.3 is 0 Å². The SMILES string of the molecule is COc1cc(C2CCN(CC(=O)NC(CO)CO)CC2)ccc1Nc1ncc2ccc(-c3ccccc3OC)n2n1. The van der Waals surface area contributed by atoms with Gasteiger partial charge in [-0.15, -0.1) is 5.10 Å². The molecule has 3 heterocycles. The summed E-state index contributed by atoms with van der Waals surface area (Å²) in [5.41, 5.74) is 4.64. The quantitative estimate of drug-likeness (QED) is 0.219. The highest BCUT2D eigenvalue weighted by Gasteiger charge is 2.24. The lowest BCUT2D eigenvalue weighted by atomic mass is 9.89. The van der Waals surface area contributed by atoms with E-state index in [4.69, 9.17) is 14.6 Å². The number of amides is 1. The maximum absolute atomic E-state index is 12.2. The van der Waals surface area contributed by atoms with E-state index in [0.29, 0.717) is 17.6 Å². The highest BCUT2D eigenvalue weighted by molar-refractivity contribution is 5.78. The highest BCUT2D eigenvalue weighted by Crippen LogP contribution is 2.35. The van der Waals surface area contributed by atoms with Gasteiger partial charge in [-0.05, 0) is 73.8 Å². The number of aliphatic hydroxyl groups excluding tert-OH is 2. The number of aromatic nitrogens is 3. The first-order valence-electron chi connectivity index (χ1n) is 13.7. The summed E-state index contributed by atoms with van der Waals surface area (Å²) in [4.78, 5) is 18.8. The van der Waals surface area contributed by atoms with Crippen LogP contribution in [0, 0.1) is 0 Å². The van der Waals surface area contributed by atoms with E-state index >= 15 is 0 Å². The lowest BCUT2D eigenvalue weighted by Gasteiger charge is -2.32. The number of benzene rings is 2. The number of anilines is 2. The van der Waals surface area contributed by atoms with Gasteiger partial charge in [0, 0.05) is 5.56 Å². The second kappa shape index (κ2) is 13.0. The van der Waals surface area contributed by atoms with Crippen LogP contribution in [0.25, 0.3) is 16.8 Å². The second-order valence-corrected chi connectivity index (χ2v) is 10.1. The zero-order valence-corrected chi connectivity index (χ0v) is 23.3. The van der Waals surface area contributed by atoms with Crippen molar-refractivity contribution in [2.24, 2.45) is 0 Å². The number of nitrogens with zero attached hydrogens (tertiary/aromatic N) is 4. The number of rotatable bonds is 11. The molecule has 0 aliphatic carbocycles. The van der Waals surface area contributed by atoms with Crippen molar-refractivity contribution in [1.82, 2.24) is 24.8 Å². The molecule has 41 heavy (non-hydrogen) atoms. The third-order valence-corrected chi connectivity index (χ3v) is 7.49. The highest BCUT2D eigenvalue weighted by atomic mass is 16.5. The number of fused-ring (bicyclic) bond motifs is 1. The molecule has 1 saturated heterocycles. The molecule has 11 nitrogen and oxygen atoms in total. The van der Waals surface area contributed by atoms with Gasteiger partial charge in [-0.25, -0.2) is 9.50 Å². The molecule has 1 aliphatic heterocycles. The zero-order valence-electron chi connectivity index (χ0n) is 23.3. The monoisotopic (exact) mass is 560 g/mol. The molecule has 216 valence electrons. The van der Waals surface area contributed by atoms with E-state index in [1.165, 1.54) is 5.56 Å². The van der Waals surface area contributed by atoms with Crippen molar-refractivity contribution < 1.29 is 24.5 Å². The van der Waals surface area contributed by atoms with E-state index in [1.807, 2.05) is 47.0 Å². The largest absolute Gasteiger partial charge is 0.496 e. The van der Waals surface area contributed by atoms with Crippen LogP contribution in [-0.4, -0.2) is 88.7 Å². The number of aliphatic hydroxyl groups is 2. The van der Waals surface area contributed by atoms with Crippen LogP contribution in [0.4, 0.5) is 11.6 Å². The van der Waals surface area contributed by atoms with Crippen molar-refractivity contribution in [3.05, 3.63) is 66.4 Å². The van der Waals surface area contributed by atoms with Crippen molar-refractivity contribution >= 4 is 23.1 Å². The van der Waals surface area contributed by atoms with E-state index in [2.05, 4.69) is 32.7 Å². The van der Waals surface area contributed by atoms with Crippen LogP contribution in [0.5, 0.6) is 11.5 Å². The predicted molar refractivity (Wildman–Crippen MR) is 156 cm³/mol. The molecular weight excluding hydrogens is 524 g/mol. The van der Waals surface area contributed by atoms with Crippen LogP contribution >= 0.6 is 0 Å². The fourth-order valence-corrected chi connectivity index (χ4v) is 5.25. The third kappa shape index (κ3) is 6.43. The van der Waals surface area contributed by atoms with E-state index < -0.39 is 6.04 Å². The van der Waals surface area contributed by atoms with Crippen molar-refractivity contribution in [2.45, 2.75) is 24.8 Å². The van der Waals surface area contributed by atoms with Gasteiger partial charge in [-0.2, -0.15) is 0 Å². The Bertz CT molecular complexity index is 1480. The van der Waals surface area contributed by atoms with Gasteiger partial charge in [0.05, 0.1) is 63.1 Å². The number of likely N-dealkylation sites (tertiary alicyclic amines) is 1. The fourth-order valence-electron chi connectivity index (χ4n) is 5.25. The van der Waals surface area contributed by atoms with Crippen LogP contribution < -0.4 is 20.1 Å². The first-order valence-corrected chi connectivity index (χ1v) is 13.7. The average molecular weight is 561 g/mol. The Kier molecular flexibility index (Phi) is 8.98. The Labute approximate surface area is 238 Å². The molecule has 4 N–H and O–H groups in total. The van der Waals surface area contributed by atoms with Crippen LogP contribution in [0.15, 0.2) is 60.8 Å². The first-order chi connectivity index (χ1) is 20.0. The van der Waals surface area contributed by atoms with Crippen molar-refractivity contribution in [1.29, 1.82) is 0 Å². The summed E-state index contributed by atoms with van der Waals surface area (Å²) in [7, 11) is 3.30.